The van der Waals surface area contributed by atoms with Crippen molar-refractivity contribution >= 4 is 17.5 Å². The highest BCUT2D eigenvalue weighted by Gasteiger charge is 2.39. The fraction of sp³-hybridized carbons (Fsp3) is 0.845. The molecule has 8 heteroatoms. The van der Waals surface area contributed by atoms with Crippen molar-refractivity contribution in [3.8, 4) is 0 Å². The Morgan fingerprint density at radius 2 is 0.818 bits per heavy atom. The van der Waals surface area contributed by atoms with Crippen molar-refractivity contribution in [1.29, 1.82) is 0 Å². The van der Waals surface area contributed by atoms with Gasteiger partial charge in [-0.2, -0.15) is 0 Å². The van der Waals surface area contributed by atoms with Crippen LogP contribution in [0.5, 0.6) is 0 Å². The predicted octanol–water partition coefficient (Wildman–Crippen LogP) is 13.2. The number of carbonyl (C=O) groups is 3. The fourth-order valence-electron chi connectivity index (χ4n) is 13.8. The van der Waals surface area contributed by atoms with Gasteiger partial charge in [-0.3, -0.25) is 14.4 Å². The maximum Gasteiger partial charge on any atom is 0.249 e. The van der Waals surface area contributed by atoms with Crippen LogP contribution in [0.3, 0.4) is 0 Å². The second-order valence-electron chi connectivity index (χ2n) is 22.8. The molecule has 0 aliphatic heterocycles. The van der Waals surface area contributed by atoms with E-state index in [9.17, 15) is 14.4 Å². The number of hydrogen-bond donors (Lipinski definition) is 0. The van der Waals surface area contributed by atoms with E-state index in [1.165, 1.54) is 141 Å². The topological polar surface area (TPSA) is 91.4 Å². The van der Waals surface area contributed by atoms with Crippen LogP contribution in [0.2, 0.25) is 0 Å². The minimum Gasteiger partial charge on any atom is -0.376 e. The standard InChI is InChI=1S/C58H93NO7/c60-55(53(49-28-14-4-15-29-49)36-46-22-8-1-9-23-46)39-64-43-58(42-63-38-48-26-12-3-13-27-48,45-66-41-57(62)59(51-32-18-6-19-33-51)52-34-20-7-21-35-52)44-65-40-56(61)54(50-30-16-5-17-31-50)37-47-24-10-2-11-25-47/h3,12-13,26-27,46-47,49-54H,1-2,4-11,14-25,28-45H2. The lowest BCUT2D eigenvalue weighted by molar-refractivity contribution is -0.151. The maximum atomic E-state index is 14.5. The van der Waals surface area contributed by atoms with Gasteiger partial charge in [0.2, 0.25) is 5.91 Å². The van der Waals surface area contributed by atoms with E-state index >= 15 is 0 Å². The van der Waals surface area contributed by atoms with E-state index in [1.54, 1.807) is 0 Å². The highest BCUT2D eigenvalue weighted by Crippen LogP contribution is 2.40. The summed E-state index contributed by atoms with van der Waals surface area (Å²) in [4.78, 5) is 45.6. The zero-order valence-corrected chi connectivity index (χ0v) is 41.6. The first-order valence-corrected chi connectivity index (χ1v) is 28.2. The second kappa shape index (κ2) is 28.5. The van der Waals surface area contributed by atoms with E-state index in [1.807, 2.05) is 18.2 Å². The fourth-order valence-corrected chi connectivity index (χ4v) is 13.8. The lowest BCUT2D eigenvalue weighted by atomic mass is 9.72. The van der Waals surface area contributed by atoms with Crippen molar-refractivity contribution in [2.75, 3.05) is 46.2 Å². The van der Waals surface area contributed by atoms with E-state index in [-0.39, 0.29) is 87.6 Å². The molecule has 6 saturated carbocycles. The predicted molar refractivity (Wildman–Crippen MR) is 264 cm³/mol. The van der Waals surface area contributed by atoms with Crippen molar-refractivity contribution in [3.05, 3.63) is 35.9 Å². The molecule has 0 N–H and O–H groups in total. The number of carbonyl (C=O) groups excluding carboxylic acids is 3. The number of ether oxygens (including phenoxy) is 4. The number of benzene rings is 1. The molecule has 372 valence electrons. The molecule has 66 heavy (non-hydrogen) atoms. The Balaban J connectivity index is 1.08. The highest BCUT2D eigenvalue weighted by molar-refractivity contribution is 5.83. The zero-order valence-electron chi connectivity index (χ0n) is 41.6. The third-order valence-electron chi connectivity index (χ3n) is 17.6. The van der Waals surface area contributed by atoms with Gasteiger partial charge in [0.1, 0.15) is 19.8 Å². The number of nitrogens with zero attached hydrogens (tertiary/aromatic N) is 1. The van der Waals surface area contributed by atoms with Gasteiger partial charge in [0, 0.05) is 23.9 Å². The van der Waals surface area contributed by atoms with Gasteiger partial charge < -0.3 is 23.8 Å². The first-order chi connectivity index (χ1) is 32.5. The van der Waals surface area contributed by atoms with E-state index in [0.29, 0.717) is 30.3 Å². The molecule has 0 saturated heterocycles. The normalized spacial score (nSPS) is 23.5. The summed E-state index contributed by atoms with van der Waals surface area (Å²) in [5.41, 5.74) is 0.241. The van der Waals surface area contributed by atoms with Gasteiger partial charge in [-0.25, -0.2) is 0 Å². The summed E-state index contributed by atoms with van der Waals surface area (Å²) in [6, 6.07) is 10.8. The van der Waals surface area contributed by atoms with E-state index in [0.717, 1.165) is 69.8 Å². The van der Waals surface area contributed by atoms with E-state index < -0.39 is 5.41 Å². The van der Waals surface area contributed by atoms with Gasteiger partial charge in [-0.15, -0.1) is 0 Å². The van der Waals surface area contributed by atoms with Gasteiger partial charge in [-0.1, -0.05) is 172 Å². The van der Waals surface area contributed by atoms with Crippen LogP contribution in [-0.2, 0) is 39.9 Å². The Hall–Kier alpha value is -2.13. The molecular weight excluding hydrogens is 823 g/mol. The van der Waals surface area contributed by atoms with Crippen LogP contribution < -0.4 is 0 Å². The Morgan fingerprint density at radius 1 is 0.455 bits per heavy atom. The first kappa shape index (κ1) is 51.7. The smallest absolute Gasteiger partial charge is 0.249 e. The van der Waals surface area contributed by atoms with Crippen LogP contribution >= 0.6 is 0 Å². The minimum absolute atomic E-state index is 0.00157. The van der Waals surface area contributed by atoms with Crippen LogP contribution in [0, 0.1) is 40.9 Å². The molecular formula is C58H93NO7. The first-order valence-electron chi connectivity index (χ1n) is 28.2. The molecule has 6 aliphatic carbocycles. The number of rotatable bonds is 26. The maximum absolute atomic E-state index is 14.5. The van der Waals surface area contributed by atoms with Crippen molar-refractivity contribution < 1.29 is 33.3 Å². The SMILES string of the molecule is O=C(COCC(COCC(=O)C(CC1CCCCC1)C1CCCCC1)(COCC(=O)N(C1CCCCC1)C1CCCCC1)COCc1ccccc1)C(CC1CCCCC1)C1CCCCC1. The van der Waals surface area contributed by atoms with Crippen molar-refractivity contribution in [1.82, 2.24) is 4.90 Å². The summed E-state index contributed by atoms with van der Waals surface area (Å²) in [7, 11) is 0. The monoisotopic (exact) mass is 916 g/mol. The number of amides is 1. The Morgan fingerprint density at radius 3 is 1.24 bits per heavy atom. The molecule has 6 aliphatic rings. The third-order valence-corrected chi connectivity index (χ3v) is 17.6. The number of ketones is 2. The summed E-state index contributed by atoms with van der Waals surface area (Å²) in [6.45, 7) is 1.37. The molecule has 0 radical (unpaired) electrons. The third kappa shape index (κ3) is 16.5. The molecule has 8 nitrogen and oxygen atoms in total. The molecule has 2 unspecified atom stereocenters. The molecule has 1 amide bonds. The number of hydrogen-bond acceptors (Lipinski definition) is 7. The molecule has 6 fully saturated rings. The van der Waals surface area contributed by atoms with Crippen molar-refractivity contribution in [2.24, 2.45) is 40.9 Å². The molecule has 0 aromatic heterocycles. The highest BCUT2D eigenvalue weighted by atomic mass is 16.5. The quantitative estimate of drug-likeness (QED) is 0.0914. The van der Waals surface area contributed by atoms with Crippen LogP contribution in [0.25, 0.3) is 0 Å². The average molecular weight is 916 g/mol. The Bertz CT molecular complexity index is 1440. The average Bonchev–Trinajstić information content (AvgIpc) is 3.37. The molecule has 7 rings (SSSR count). The van der Waals surface area contributed by atoms with Gasteiger partial charge in [-0.05, 0) is 93.4 Å². The lowest BCUT2D eigenvalue weighted by Crippen LogP contribution is -2.50. The molecule has 2 atom stereocenters. The molecule has 1 aromatic carbocycles. The summed E-state index contributed by atoms with van der Waals surface area (Å²) < 4.78 is 26.5. The summed E-state index contributed by atoms with van der Waals surface area (Å²) in [6.07, 6.45) is 38.3. The minimum atomic E-state index is -0.830. The van der Waals surface area contributed by atoms with Gasteiger partial charge in [0.15, 0.2) is 11.6 Å². The zero-order chi connectivity index (χ0) is 45.7. The van der Waals surface area contributed by atoms with E-state index in [2.05, 4.69) is 17.0 Å². The van der Waals surface area contributed by atoms with Crippen molar-refractivity contribution in [3.63, 3.8) is 0 Å². The molecule has 0 heterocycles. The van der Waals surface area contributed by atoms with Gasteiger partial charge in [0.05, 0.1) is 38.4 Å². The Kier molecular flexibility index (Phi) is 22.3. The van der Waals surface area contributed by atoms with Crippen LogP contribution in [0.1, 0.15) is 211 Å². The van der Waals surface area contributed by atoms with Crippen LogP contribution in [0.4, 0.5) is 0 Å². The Labute approximate surface area is 401 Å². The largest absolute Gasteiger partial charge is 0.376 e. The number of Topliss-reactive ketones (excluding diaryl/α,β-unsaturated/α-hetero) is 2. The lowest BCUT2D eigenvalue weighted by Gasteiger charge is -2.42. The summed E-state index contributed by atoms with van der Waals surface area (Å²) in [5, 5.41) is 0. The van der Waals surface area contributed by atoms with E-state index in [4.69, 9.17) is 18.9 Å². The second-order valence-corrected chi connectivity index (χ2v) is 22.8. The van der Waals surface area contributed by atoms with Gasteiger partial charge >= 0.3 is 0 Å². The molecule has 0 spiro atoms. The summed E-state index contributed by atoms with van der Waals surface area (Å²) in [5.74, 6) is 2.83. The van der Waals surface area contributed by atoms with Gasteiger partial charge in [0.25, 0.3) is 0 Å². The molecule has 0 bridgehead atoms. The van der Waals surface area contributed by atoms with Crippen LogP contribution in [0.15, 0.2) is 30.3 Å². The molecule has 1 aromatic rings. The summed E-state index contributed by atoms with van der Waals surface area (Å²) >= 11 is 0. The van der Waals surface area contributed by atoms with Crippen molar-refractivity contribution in [2.45, 2.75) is 224 Å². The van der Waals surface area contributed by atoms with Crippen LogP contribution in [-0.4, -0.2) is 80.7 Å².